The molecule has 0 fully saturated rings. The molecule has 4 rings (SSSR count). The number of para-hydroxylation sites is 2. The number of aliphatic hydroxyl groups is 2. The number of primary sulfonamides is 1. The summed E-state index contributed by atoms with van der Waals surface area (Å²) in [6.45, 7) is 8.84. The smallest absolute Gasteiger partial charge is 0.254 e. The molecule has 0 saturated carbocycles. The molecule has 1 aliphatic rings. The number of amides is 1. The minimum absolute atomic E-state index is 0.0625. The lowest BCUT2D eigenvalue weighted by molar-refractivity contribution is 0.0474. The molecule has 41 heavy (non-hydrogen) atoms. The SMILES string of the molecule is C=CCOc1ccccc1OCC(O)CNC(C)C.NS(=O)(=O)c1cc(C2(O)NC(=O)c3ccccc32)ccc1Cl. The van der Waals surface area contributed by atoms with Crippen molar-refractivity contribution in [3.63, 3.8) is 0 Å². The predicted octanol–water partition coefficient (Wildman–Crippen LogP) is 2.91. The van der Waals surface area contributed by atoms with E-state index in [0.717, 1.165) is 6.07 Å². The number of benzene rings is 3. The van der Waals surface area contributed by atoms with Crippen LogP contribution in [0.4, 0.5) is 0 Å². The molecule has 0 bridgehead atoms. The van der Waals surface area contributed by atoms with E-state index in [9.17, 15) is 23.4 Å². The number of fused-ring (bicyclic) bond motifs is 1. The van der Waals surface area contributed by atoms with Gasteiger partial charge in [0.25, 0.3) is 5.91 Å². The Bertz CT molecular complexity index is 1480. The van der Waals surface area contributed by atoms with Crippen LogP contribution in [0.5, 0.6) is 11.5 Å². The van der Waals surface area contributed by atoms with Crippen LogP contribution >= 0.6 is 11.6 Å². The summed E-state index contributed by atoms with van der Waals surface area (Å²) in [5, 5.41) is 31.3. The first kappa shape index (κ1) is 32.1. The molecule has 2 atom stereocenters. The van der Waals surface area contributed by atoms with Crippen LogP contribution in [-0.4, -0.2) is 56.4 Å². The fourth-order valence-corrected chi connectivity index (χ4v) is 4.99. The molecule has 1 aliphatic heterocycles. The number of nitrogens with one attached hydrogen (secondary N) is 2. The van der Waals surface area contributed by atoms with E-state index in [4.69, 9.17) is 26.2 Å². The molecule has 6 N–H and O–H groups in total. The van der Waals surface area contributed by atoms with Crippen molar-refractivity contribution >= 4 is 27.5 Å². The Morgan fingerprint density at radius 1 is 1.10 bits per heavy atom. The molecule has 0 aliphatic carbocycles. The predicted molar refractivity (Wildman–Crippen MR) is 157 cm³/mol. The minimum atomic E-state index is -4.06. The van der Waals surface area contributed by atoms with Crippen LogP contribution in [0.2, 0.25) is 5.02 Å². The average Bonchev–Trinajstić information content (AvgIpc) is 3.20. The van der Waals surface area contributed by atoms with Gasteiger partial charge in [0.2, 0.25) is 10.0 Å². The van der Waals surface area contributed by atoms with E-state index in [1.165, 1.54) is 12.1 Å². The number of halogens is 1. The number of carbonyl (C=O) groups is 1. The summed E-state index contributed by atoms with van der Waals surface area (Å²) >= 11 is 5.83. The molecule has 1 heterocycles. The highest BCUT2D eigenvalue weighted by Gasteiger charge is 2.43. The number of hydrogen-bond donors (Lipinski definition) is 5. The number of nitrogens with two attached hydrogens (primary N) is 1. The molecule has 3 aromatic rings. The first-order chi connectivity index (χ1) is 19.4. The van der Waals surface area contributed by atoms with Crippen molar-refractivity contribution in [1.29, 1.82) is 0 Å². The number of carbonyl (C=O) groups excluding carboxylic acids is 1. The van der Waals surface area contributed by atoms with Gasteiger partial charge in [-0.15, -0.1) is 0 Å². The molecule has 10 nitrogen and oxygen atoms in total. The Hall–Kier alpha value is -3.45. The van der Waals surface area contributed by atoms with Gasteiger partial charge in [-0.2, -0.15) is 0 Å². The standard InChI is InChI=1S/C15H23NO3.C14H11ClN2O4S/c1-4-9-18-14-7-5-6-8-15(14)19-11-13(17)10-16-12(2)3;15-11-6-5-8(7-12(11)22(16,20)21)14(19)10-4-2-1-3-9(10)13(18)17-14/h4-8,12-13,16-17H,1,9-11H2,2-3H3;1-7,19H,(H,17,18)(H2,16,20,21). The van der Waals surface area contributed by atoms with E-state index in [1.807, 2.05) is 38.1 Å². The normalized spacial score (nSPS) is 16.7. The molecule has 2 unspecified atom stereocenters. The highest BCUT2D eigenvalue weighted by Crippen LogP contribution is 2.36. The first-order valence-electron chi connectivity index (χ1n) is 12.7. The summed E-state index contributed by atoms with van der Waals surface area (Å²) < 4.78 is 34.2. The van der Waals surface area contributed by atoms with Gasteiger partial charge in [0.05, 0.1) is 5.02 Å². The van der Waals surface area contributed by atoms with Crippen LogP contribution in [0.3, 0.4) is 0 Å². The zero-order valence-electron chi connectivity index (χ0n) is 22.7. The van der Waals surface area contributed by atoms with Crippen LogP contribution in [0, 0.1) is 0 Å². The molecular weight excluding hydrogens is 570 g/mol. The molecule has 1 amide bonds. The summed E-state index contributed by atoms with van der Waals surface area (Å²) in [6.07, 6.45) is 1.13. The second-order valence-electron chi connectivity index (χ2n) is 9.47. The quantitative estimate of drug-likeness (QED) is 0.209. The number of rotatable bonds is 11. The molecule has 0 radical (unpaired) electrons. The topological polar surface area (TPSA) is 160 Å². The fourth-order valence-electron chi connectivity index (χ4n) is 3.92. The molecule has 220 valence electrons. The van der Waals surface area contributed by atoms with Crippen molar-refractivity contribution in [3.8, 4) is 11.5 Å². The van der Waals surface area contributed by atoms with Gasteiger partial charge in [-0.1, -0.05) is 74.5 Å². The lowest BCUT2D eigenvalue weighted by Crippen LogP contribution is -2.40. The molecule has 0 aromatic heterocycles. The third-order valence-electron chi connectivity index (χ3n) is 5.91. The lowest BCUT2D eigenvalue weighted by atomic mass is 9.94. The second-order valence-corrected chi connectivity index (χ2v) is 11.4. The molecule has 12 heteroatoms. The van der Waals surface area contributed by atoms with Gasteiger partial charge in [0, 0.05) is 29.3 Å². The summed E-state index contributed by atoms with van der Waals surface area (Å²) in [5.41, 5.74) is -1.03. The van der Waals surface area contributed by atoms with Gasteiger partial charge >= 0.3 is 0 Å². The van der Waals surface area contributed by atoms with Crippen molar-refractivity contribution in [2.24, 2.45) is 5.14 Å². The second kappa shape index (κ2) is 13.9. The summed E-state index contributed by atoms with van der Waals surface area (Å²) in [7, 11) is -4.06. The monoisotopic (exact) mass is 603 g/mol. The Labute approximate surface area is 244 Å². The summed E-state index contributed by atoms with van der Waals surface area (Å²) in [4.78, 5) is 11.6. The summed E-state index contributed by atoms with van der Waals surface area (Å²) in [5.74, 6) is 0.838. The Kier molecular flexibility index (Phi) is 10.9. The summed E-state index contributed by atoms with van der Waals surface area (Å²) in [6, 6.07) is 18.1. The van der Waals surface area contributed by atoms with E-state index in [2.05, 4.69) is 17.2 Å². The average molecular weight is 604 g/mol. The number of aliphatic hydroxyl groups excluding tert-OH is 1. The highest BCUT2D eigenvalue weighted by atomic mass is 35.5. The fraction of sp³-hybridized carbons (Fsp3) is 0.276. The maximum atomic E-state index is 12.0. The van der Waals surface area contributed by atoms with Gasteiger partial charge in [-0.05, 0) is 30.3 Å². The maximum absolute atomic E-state index is 12.0. The van der Waals surface area contributed by atoms with Crippen LogP contribution in [0.1, 0.15) is 35.3 Å². The van der Waals surface area contributed by atoms with Crippen molar-refractivity contribution in [1.82, 2.24) is 10.6 Å². The molecule has 3 aromatic carbocycles. The lowest BCUT2D eigenvalue weighted by Gasteiger charge is -2.25. The number of sulfonamides is 1. The van der Waals surface area contributed by atoms with Crippen molar-refractivity contribution < 1.29 is 32.9 Å². The highest BCUT2D eigenvalue weighted by molar-refractivity contribution is 7.89. The van der Waals surface area contributed by atoms with E-state index < -0.39 is 27.8 Å². The third kappa shape index (κ3) is 8.29. The van der Waals surface area contributed by atoms with Crippen LogP contribution in [0.25, 0.3) is 0 Å². The van der Waals surface area contributed by atoms with Crippen molar-refractivity contribution in [3.05, 3.63) is 101 Å². The Balaban J connectivity index is 0.000000229. The third-order valence-corrected chi connectivity index (χ3v) is 7.30. The van der Waals surface area contributed by atoms with Crippen LogP contribution < -0.4 is 25.2 Å². The first-order valence-corrected chi connectivity index (χ1v) is 14.6. The molecule has 0 saturated heterocycles. The van der Waals surface area contributed by atoms with Gasteiger partial charge in [0.15, 0.2) is 17.2 Å². The van der Waals surface area contributed by atoms with Gasteiger partial charge in [-0.3, -0.25) is 4.79 Å². The van der Waals surface area contributed by atoms with Crippen LogP contribution in [-0.2, 0) is 15.7 Å². The van der Waals surface area contributed by atoms with Gasteiger partial charge < -0.3 is 30.3 Å². The zero-order chi connectivity index (χ0) is 30.2. The van der Waals surface area contributed by atoms with Crippen molar-refractivity contribution in [2.75, 3.05) is 19.8 Å². The minimum Gasteiger partial charge on any atom is -0.487 e. The number of hydrogen-bond acceptors (Lipinski definition) is 8. The zero-order valence-corrected chi connectivity index (χ0v) is 24.3. The van der Waals surface area contributed by atoms with E-state index >= 15 is 0 Å². The van der Waals surface area contributed by atoms with Crippen molar-refractivity contribution in [2.45, 2.75) is 36.6 Å². The van der Waals surface area contributed by atoms with E-state index in [1.54, 1.807) is 30.3 Å². The van der Waals surface area contributed by atoms with E-state index in [-0.39, 0.29) is 22.1 Å². The van der Waals surface area contributed by atoms with Crippen LogP contribution in [0.15, 0.2) is 84.3 Å². The van der Waals surface area contributed by atoms with Gasteiger partial charge in [-0.25, -0.2) is 13.6 Å². The molecular formula is C29H34ClN3O7S. The number of ether oxygens (including phenoxy) is 2. The Morgan fingerprint density at radius 3 is 2.37 bits per heavy atom. The van der Waals surface area contributed by atoms with E-state index in [0.29, 0.717) is 41.8 Å². The van der Waals surface area contributed by atoms with Gasteiger partial charge in [0.1, 0.15) is 24.2 Å². The molecule has 0 spiro atoms. The maximum Gasteiger partial charge on any atom is 0.254 e. The Morgan fingerprint density at radius 2 is 1.73 bits per heavy atom. The largest absolute Gasteiger partial charge is 0.487 e.